The summed E-state index contributed by atoms with van der Waals surface area (Å²) < 4.78 is 18.7. The van der Waals surface area contributed by atoms with Gasteiger partial charge in [-0.05, 0) is 82.2 Å². The zero-order valence-electron chi connectivity index (χ0n) is 36.7. The molecule has 9 aromatic carbocycles. The molecular formula is C60H41BN2O2S. The first kappa shape index (κ1) is 37.6. The quantitative estimate of drug-likeness (QED) is 0.175. The monoisotopic (exact) mass is 864 g/mol. The molecule has 0 radical (unpaired) electrons. The smallest absolute Gasteiger partial charge is 0.198 e. The maximum atomic E-state index is 7.00. The minimum atomic E-state index is 0.0651. The van der Waals surface area contributed by atoms with Crippen LogP contribution in [0.3, 0.4) is 0 Å². The Kier molecular flexibility index (Phi) is 7.89. The van der Waals surface area contributed by atoms with Crippen molar-refractivity contribution in [3.63, 3.8) is 0 Å². The van der Waals surface area contributed by atoms with Crippen LogP contribution in [0.25, 0.3) is 114 Å². The minimum Gasteiger partial charge on any atom is -0.456 e. The predicted octanol–water partition coefficient (Wildman–Crippen LogP) is 15.5. The standard InChI is InChI=1S/C60H41BN2O2S/c1-60(2,3)36-22-24-37(25-23-36)62-48-32-55-45(39-19-11-13-21-54(39)66-55)28-42(48)40-26-27-41-43-29-44-38-18-10-12-20-51(38)64-53(44)33-49(43)63-50-30-46-52(31-47(50)61-57(40)58(41)63)65-59(35-16-8-5-9-17-35)56(46)34-14-6-4-7-15-34/h4-33,61-62H,1-3H3. The molecule has 1 aliphatic rings. The van der Waals surface area contributed by atoms with Crippen LogP contribution in [0.15, 0.2) is 191 Å². The second kappa shape index (κ2) is 13.9. The van der Waals surface area contributed by atoms with E-state index >= 15 is 0 Å². The van der Waals surface area contributed by atoms with Gasteiger partial charge in [-0.1, -0.05) is 148 Å². The summed E-state index contributed by atoms with van der Waals surface area (Å²) in [4.78, 5) is 0. The van der Waals surface area contributed by atoms with Crippen molar-refractivity contribution >= 4 is 116 Å². The van der Waals surface area contributed by atoms with Gasteiger partial charge in [-0.2, -0.15) is 0 Å². The normalized spacial score (nSPS) is 12.6. The lowest BCUT2D eigenvalue weighted by atomic mass is 9.59. The Morgan fingerprint density at radius 1 is 0.515 bits per heavy atom. The summed E-state index contributed by atoms with van der Waals surface area (Å²) in [5, 5.41) is 12.3. The van der Waals surface area contributed by atoms with Gasteiger partial charge in [0.05, 0.1) is 5.52 Å². The molecule has 1 N–H and O–H groups in total. The molecule has 14 rings (SSSR count). The van der Waals surface area contributed by atoms with Crippen LogP contribution in [0.1, 0.15) is 26.3 Å². The van der Waals surface area contributed by atoms with Gasteiger partial charge in [-0.15, -0.1) is 11.3 Å². The first-order valence-corrected chi connectivity index (χ1v) is 23.6. The van der Waals surface area contributed by atoms with Crippen molar-refractivity contribution in [2.75, 3.05) is 5.32 Å². The molecule has 4 aromatic heterocycles. The van der Waals surface area contributed by atoms with Gasteiger partial charge in [0.1, 0.15) is 22.5 Å². The third kappa shape index (κ3) is 5.58. The number of anilines is 2. The van der Waals surface area contributed by atoms with Crippen LogP contribution >= 0.6 is 11.3 Å². The van der Waals surface area contributed by atoms with E-state index in [1.165, 1.54) is 64.1 Å². The Morgan fingerprint density at radius 2 is 1.24 bits per heavy atom. The summed E-state index contributed by atoms with van der Waals surface area (Å²) in [6.07, 6.45) is 0. The highest BCUT2D eigenvalue weighted by Gasteiger charge is 2.30. The van der Waals surface area contributed by atoms with E-state index in [-0.39, 0.29) is 5.41 Å². The highest BCUT2D eigenvalue weighted by atomic mass is 32.1. The van der Waals surface area contributed by atoms with E-state index < -0.39 is 0 Å². The molecular weight excluding hydrogens is 824 g/mol. The third-order valence-corrected chi connectivity index (χ3v) is 15.1. The number of benzene rings is 9. The highest BCUT2D eigenvalue weighted by Crippen LogP contribution is 2.46. The molecule has 1 aliphatic heterocycles. The van der Waals surface area contributed by atoms with Crippen LogP contribution < -0.4 is 16.2 Å². The Balaban J connectivity index is 1.07. The third-order valence-electron chi connectivity index (χ3n) is 14.0. The zero-order valence-corrected chi connectivity index (χ0v) is 37.5. The summed E-state index contributed by atoms with van der Waals surface area (Å²) in [7, 11) is 0.734. The highest BCUT2D eigenvalue weighted by molar-refractivity contribution is 7.25. The van der Waals surface area contributed by atoms with Crippen LogP contribution in [0.2, 0.25) is 0 Å². The van der Waals surface area contributed by atoms with Crippen molar-refractivity contribution in [3.05, 3.63) is 188 Å². The first-order valence-electron chi connectivity index (χ1n) is 22.8. The maximum absolute atomic E-state index is 7.00. The fraction of sp³-hybridized carbons (Fsp3) is 0.0667. The Morgan fingerprint density at radius 3 is 2.05 bits per heavy atom. The molecule has 0 unspecified atom stereocenters. The number of hydrogen-bond donors (Lipinski definition) is 1. The van der Waals surface area contributed by atoms with Crippen LogP contribution in [0.5, 0.6) is 0 Å². The second-order valence-electron chi connectivity index (χ2n) is 18.9. The number of nitrogens with one attached hydrogen (secondary N) is 1. The predicted molar refractivity (Wildman–Crippen MR) is 282 cm³/mol. The molecule has 0 bridgehead atoms. The van der Waals surface area contributed by atoms with Crippen molar-refractivity contribution in [3.8, 4) is 39.3 Å². The van der Waals surface area contributed by atoms with Gasteiger partial charge in [-0.3, -0.25) is 0 Å². The fourth-order valence-electron chi connectivity index (χ4n) is 10.8. The molecule has 0 saturated carbocycles. The topological polar surface area (TPSA) is 43.2 Å². The SMILES string of the molecule is CC(C)(C)c1ccc(Nc2cc3sc4ccccc4c3cc2-c2ccc3c4cc5c(cc4n4c3c2Bc2cc3oc(-c6ccccc6)c(-c6ccccc6)c3cc2-4)oc2ccccc25)cc1. The van der Waals surface area contributed by atoms with E-state index in [1.807, 2.05) is 17.4 Å². The molecule has 0 amide bonds. The van der Waals surface area contributed by atoms with Gasteiger partial charge >= 0.3 is 0 Å². The van der Waals surface area contributed by atoms with Crippen molar-refractivity contribution in [2.24, 2.45) is 0 Å². The van der Waals surface area contributed by atoms with Gasteiger partial charge < -0.3 is 18.7 Å². The van der Waals surface area contributed by atoms with Crippen molar-refractivity contribution in [1.29, 1.82) is 0 Å². The van der Waals surface area contributed by atoms with Gasteiger partial charge in [0, 0.05) is 92.4 Å². The Bertz CT molecular complexity index is 4130. The second-order valence-corrected chi connectivity index (χ2v) is 20.0. The van der Waals surface area contributed by atoms with Crippen molar-refractivity contribution < 1.29 is 8.83 Å². The number of hydrogen-bond acceptors (Lipinski definition) is 4. The number of aromatic nitrogens is 1. The summed E-state index contributed by atoms with van der Waals surface area (Å²) in [5.41, 5.74) is 17.9. The van der Waals surface area contributed by atoms with E-state index in [4.69, 9.17) is 8.83 Å². The number of fused-ring (bicyclic) bond motifs is 12. The lowest BCUT2D eigenvalue weighted by Crippen LogP contribution is -2.37. The molecule has 0 fully saturated rings. The molecule has 4 nitrogen and oxygen atoms in total. The molecule has 0 saturated heterocycles. The number of para-hydroxylation sites is 1. The number of furan rings is 2. The van der Waals surface area contributed by atoms with Crippen LogP contribution in [0.4, 0.5) is 11.4 Å². The number of rotatable bonds is 5. The van der Waals surface area contributed by atoms with Gasteiger partial charge in [0.25, 0.3) is 0 Å². The van der Waals surface area contributed by atoms with Gasteiger partial charge in [-0.25, -0.2) is 0 Å². The van der Waals surface area contributed by atoms with Crippen molar-refractivity contribution in [2.45, 2.75) is 26.2 Å². The molecule has 5 heterocycles. The summed E-state index contributed by atoms with van der Waals surface area (Å²) in [6.45, 7) is 6.80. The van der Waals surface area contributed by atoms with E-state index in [0.717, 1.165) is 85.2 Å². The first-order chi connectivity index (χ1) is 32.3. The van der Waals surface area contributed by atoms with E-state index in [2.05, 4.69) is 207 Å². The van der Waals surface area contributed by atoms with Crippen molar-refractivity contribution in [1.82, 2.24) is 4.57 Å². The van der Waals surface area contributed by atoms with Gasteiger partial charge in [0.15, 0.2) is 7.28 Å². The fourth-order valence-corrected chi connectivity index (χ4v) is 11.9. The average Bonchev–Trinajstić information content (AvgIpc) is 4.10. The summed E-state index contributed by atoms with van der Waals surface area (Å²) in [6, 6.07) is 66.2. The zero-order chi connectivity index (χ0) is 43.8. The molecule has 6 heteroatoms. The van der Waals surface area contributed by atoms with E-state index in [0.29, 0.717) is 0 Å². The van der Waals surface area contributed by atoms with Gasteiger partial charge in [0.2, 0.25) is 0 Å². The molecule has 0 atom stereocenters. The molecule has 312 valence electrons. The average molecular weight is 865 g/mol. The lowest BCUT2D eigenvalue weighted by Gasteiger charge is -2.24. The largest absolute Gasteiger partial charge is 0.456 e. The molecule has 0 aliphatic carbocycles. The molecule has 0 spiro atoms. The molecule has 13 aromatic rings. The van der Waals surface area contributed by atoms with E-state index in [1.54, 1.807) is 0 Å². The number of nitrogens with zero attached hydrogens (tertiary/aromatic N) is 1. The lowest BCUT2D eigenvalue weighted by molar-refractivity contribution is 0.590. The summed E-state index contributed by atoms with van der Waals surface area (Å²) >= 11 is 1.86. The number of thiophene rings is 1. The van der Waals surface area contributed by atoms with Crippen LogP contribution in [-0.4, -0.2) is 11.8 Å². The van der Waals surface area contributed by atoms with Crippen LogP contribution in [-0.2, 0) is 5.41 Å². The molecule has 66 heavy (non-hydrogen) atoms. The van der Waals surface area contributed by atoms with E-state index in [9.17, 15) is 0 Å². The Labute approximate surface area is 385 Å². The Hall–Kier alpha value is -7.80. The summed E-state index contributed by atoms with van der Waals surface area (Å²) in [5.74, 6) is 0.881. The minimum absolute atomic E-state index is 0.0651. The van der Waals surface area contributed by atoms with Crippen LogP contribution in [0, 0.1) is 0 Å². The maximum Gasteiger partial charge on any atom is 0.198 e.